The molecule has 0 unspecified atom stereocenters. The lowest BCUT2D eigenvalue weighted by Crippen LogP contribution is -2.39. The number of carbonyl (C=O) groups excluding carboxylic acids is 1. The smallest absolute Gasteiger partial charge is 0.264 e. The summed E-state index contributed by atoms with van der Waals surface area (Å²) in [5.74, 6) is -0.0151. The molecule has 1 amide bonds. The quantitative estimate of drug-likeness (QED) is 0.126. The topological polar surface area (TPSA) is 88.1 Å². The van der Waals surface area contributed by atoms with Gasteiger partial charge in [0.05, 0.1) is 23.4 Å². The molecular formula is C31H26ClN3O4S. The van der Waals surface area contributed by atoms with Gasteiger partial charge in [-0.2, -0.15) is 5.10 Å². The lowest BCUT2D eigenvalue weighted by Gasteiger charge is -2.24. The number of ether oxygens (including phenoxy) is 1. The zero-order valence-corrected chi connectivity index (χ0v) is 23.2. The van der Waals surface area contributed by atoms with E-state index in [1.165, 1.54) is 24.3 Å². The van der Waals surface area contributed by atoms with Crippen LogP contribution in [0.2, 0.25) is 5.02 Å². The van der Waals surface area contributed by atoms with Gasteiger partial charge in [-0.3, -0.25) is 9.10 Å². The molecular weight excluding hydrogens is 546 g/mol. The van der Waals surface area contributed by atoms with Crippen LogP contribution in [0.25, 0.3) is 21.5 Å². The standard InChI is InChI=1S/C31H26ClN3O4S/c1-2-39-26-15-13-25(14-16-26)35(40(37,38)27-17-11-24(32)12-18-27)21-31(36)34-33-20-30-28-9-5-3-7-22(28)19-23-8-4-6-10-29(23)30/h3-20H,2,21H2,1H3,(H,34,36)/b33-20-. The molecule has 0 aromatic heterocycles. The lowest BCUT2D eigenvalue weighted by atomic mass is 9.97. The SMILES string of the molecule is CCOc1ccc(N(CC(=O)N/N=C\c2c3ccccc3cc3ccccc23)S(=O)(=O)c2ccc(Cl)cc2)cc1. The minimum Gasteiger partial charge on any atom is -0.494 e. The average Bonchev–Trinajstić information content (AvgIpc) is 2.96. The Hall–Kier alpha value is -4.40. The van der Waals surface area contributed by atoms with E-state index in [0.717, 1.165) is 31.4 Å². The molecule has 0 bridgehead atoms. The van der Waals surface area contributed by atoms with Gasteiger partial charge in [0.1, 0.15) is 12.3 Å². The molecule has 0 saturated carbocycles. The Balaban J connectivity index is 1.43. The number of benzene rings is 5. The highest BCUT2D eigenvalue weighted by Crippen LogP contribution is 2.28. The summed E-state index contributed by atoms with van der Waals surface area (Å²) < 4.78 is 33.7. The predicted molar refractivity (Wildman–Crippen MR) is 161 cm³/mol. The first-order valence-electron chi connectivity index (χ1n) is 12.6. The Morgan fingerprint density at radius 1 is 0.900 bits per heavy atom. The number of sulfonamides is 1. The number of halogens is 1. The van der Waals surface area contributed by atoms with Crippen molar-refractivity contribution in [3.8, 4) is 5.75 Å². The molecule has 0 atom stereocenters. The van der Waals surface area contributed by atoms with Crippen LogP contribution in [0.3, 0.4) is 0 Å². The first-order chi connectivity index (χ1) is 19.4. The van der Waals surface area contributed by atoms with Crippen molar-refractivity contribution in [1.29, 1.82) is 0 Å². The van der Waals surface area contributed by atoms with Crippen LogP contribution in [-0.2, 0) is 14.8 Å². The minimum absolute atomic E-state index is 0.00399. The predicted octanol–water partition coefficient (Wildman–Crippen LogP) is 6.39. The van der Waals surface area contributed by atoms with Gasteiger partial charge >= 0.3 is 0 Å². The van der Waals surface area contributed by atoms with E-state index < -0.39 is 22.5 Å². The highest BCUT2D eigenvalue weighted by Gasteiger charge is 2.27. The second-order valence-electron chi connectivity index (χ2n) is 8.92. The molecule has 0 aliphatic carbocycles. The van der Waals surface area contributed by atoms with Crippen molar-refractivity contribution in [3.63, 3.8) is 0 Å². The number of fused-ring (bicyclic) bond motifs is 2. The van der Waals surface area contributed by atoms with E-state index in [1.807, 2.05) is 55.5 Å². The van der Waals surface area contributed by atoms with Crippen LogP contribution in [-0.4, -0.2) is 33.7 Å². The van der Waals surface area contributed by atoms with E-state index in [4.69, 9.17) is 16.3 Å². The van der Waals surface area contributed by atoms with Gasteiger partial charge in [0, 0.05) is 10.6 Å². The van der Waals surface area contributed by atoms with Crippen molar-refractivity contribution in [2.24, 2.45) is 5.10 Å². The molecule has 0 radical (unpaired) electrons. The molecule has 0 spiro atoms. The number of hydrogen-bond donors (Lipinski definition) is 1. The van der Waals surface area contributed by atoms with E-state index in [2.05, 4.69) is 16.6 Å². The van der Waals surface area contributed by atoms with Gasteiger partial charge < -0.3 is 4.74 Å². The van der Waals surface area contributed by atoms with Gasteiger partial charge in [0.2, 0.25) is 0 Å². The summed E-state index contributed by atoms with van der Waals surface area (Å²) in [5, 5.41) is 8.68. The maximum absolute atomic E-state index is 13.6. The van der Waals surface area contributed by atoms with E-state index in [0.29, 0.717) is 23.1 Å². The summed E-state index contributed by atoms with van der Waals surface area (Å²) in [6, 6.07) is 30.3. The van der Waals surface area contributed by atoms with Gasteiger partial charge in [0.15, 0.2) is 0 Å². The molecule has 202 valence electrons. The van der Waals surface area contributed by atoms with Crippen LogP contribution in [0.4, 0.5) is 5.69 Å². The average molecular weight is 572 g/mol. The van der Waals surface area contributed by atoms with Crippen molar-refractivity contribution < 1.29 is 17.9 Å². The zero-order chi connectivity index (χ0) is 28.1. The number of carbonyl (C=O) groups is 1. The van der Waals surface area contributed by atoms with Crippen LogP contribution >= 0.6 is 11.6 Å². The molecule has 5 aromatic rings. The summed E-state index contributed by atoms with van der Waals surface area (Å²) in [6.07, 6.45) is 1.59. The van der Waals surface area contributed by atoms with Crippen LogP contribution in [0.15, 0.2) is 113 Å². The Labute approximate surface area is 237 Å². The van der Waals surface area contributed by atoms with Crippen molar-refractivity contribution >= 4 is 61.0 Å². The third kappa shape index (κ3) is 5.78. The van der Waals surface area contributed by atoms with Crippen LogP contribution in [0.5, 0.6) is 5.75 Å². The second-order valence-corrected chi connectivity index (χ2v) is 11.2. The maximum atomic E-state index is 13.6. The molecule has 0 heterocycles. The van der Waals surface area contributed by atoms with Crippen molar-refractivity contribution in [1.82, 2.24) is 5.43 Å². The molecule has 40 heavy (non-hydrogen) atoms. The fourth-order valence-corrected chi connectivity index (χ4v) is 5.99. The molecule has 5 aromatic carbocycles. The van der Waals surface area contributed by atoms with Gasteiger partial charge in [-0.05, 0) is 83.1 Å². The third-order valence-corrected chi connectivity index (χ3v) is 8.36. The first-order valence-corrected chi connectivity index (χ1v) is 14.4. The van der Waals surface area contributed by atoms with Crippen LogP contribution in [0.1, 0.15) is 12.5 Å². The van der Waals surface area contributed by atoms with Gasteiger partial charge in [0.25, 0.3) is 15.9 Å². The van der Waals surface area contributed by atoms with Gasteiger partial charge in [-0.1, -0.05) is 60.1 Å². The Morgan fingerprint density at radius 3 is 2.10 bits per heavy atom. The number of anilines is 1. The van der Waals surface area contributed by atoms with E-state index >= 15 is 0 Å². The monoisotopic (exact) mass is 571 g/mol. The Morgan fingerprint density at radius 2 is 1.50 bits per heavy atom. The summed E-state index contributed by atoms with van der Waals surface area (Å²) in [6.45, 7) is 1.84. The minimum atomic E-state index is -4.10. The molecule has 0 fully saturated rings. The highest BCUT2D eigenvalue weighted by molar-refractivity contribution is 7.92. The molecule has 5 rings (SSSR count). The summed E-state index contributed by atoms with van der Waals surface area (Å²) >= 11 is 5.97. The fourth-order valence-electron chi connectivity index (χ4n) is 4.45. The molecule has 9 heteroatoms. The normalized spacial score (nSPS) is 11.7. The van der Waals surface area contributed by atoms with Crippen molar-refractivity contribution in [2.75, 3.05) is 17.5 Å². The van der Waals surface area contributed by atoms with Crippen LogP contribution < -0.4 is 14.5 Å². The molecule has 7 nitrogen and oxygen atoms in total. The summed E-state index contributed by atoms with van der Waals surface area (Å²) in [5.41, 5.74) is 3.66. The van der Waals surface area contributed by atoms with Gasteiger partial charge in [-0.15, -0.1) is 0 Å². The Bertz CT molecular complexity index is 1750. The molecule has 0 aliphatic rings. The second kappa shape index (κ2) is 11.8. The number of amides is 1. The van der Waals surface area contributed by atoms with Crippen molar-refractivity contribution in [3.05, 3.63) is 114 Å². The number of rotatable bonds is 9. The first kappa shape index (κ1) is 27.2. The Kier molecular flexibility index (Phi) is 8.00. The maximum Gasteiger partial charge on any atom is 0.264 e. The van der Waals surface area contributed by atoms with Crippen molar-refractivity contribution in [2.45, 2.75) is 11.8 Å². The summed E-state index contributed by atoms with van der Waals surface area (Å²) in [7, 11) is -4.10. The summed E-state index contributed by atoms with van der Waals surface area (Å²) in [4.78, 5) is 13.1. The number of hydrogen-bond acceptors (Lipinski definition) is 5. The fraction of sp³-hybridized carbons (Fsp3) is 0.0968. The van der Waals surface area contributed by atoms with Gasteiger partial charge in [-0.25, -0.2) is 13.8 Å². The van der Waals surface area contributed by atoms with E-state index in [9.17, 15) is 13.2 Å². The zero-order valence-electron chi connectivity index (χ0n) is 21.6. The molecule has 1 N–H and O–H groups in total. The number of nitrogens with one attached hydrogen (secondary N) is 1. The highest BCUT2D eigenvalue weighted by atomic mass is 35.5. The number of nitrogens with zero attached hydrogens (tertiary/aromatic N) is 2. The molecule has 0 aliphatic heterocycles. The third-order valence-electron chi connectivity index (χ3n) is 6.32. The largest absolute Gasteiger partial charge is 0.494 e. The van der Waals surface area contributed by atoms with E-state index in [-0.39, 0.29) is 4.90 Å². The lowest BCUT2D eigenvalue weighted by molar-refractivity contribution is -0.119. The molecule has 0 saturated heterocycles. The van der Waals surface area contributed by atoms with Crippen LogP contribution in [0, 0.1) is 0 Å². The number of hydrazone groups is 1. The van der Waals surface area contributed by atoms with E-state index in [1.54, 1.807) is 30.5 Å².